The molecule has 2 rings (SSSR count). The van der Waals surface area contributed by atoms with Crippen molar-refractivity contribution in [2.24, 2.45) is 5.73 Å². The number of rotatable bonds is 3. The normalized spacial score (nSPS) is 14.5. The van der Waals surface area contributed by atoms with E-state index in [9.17, 15) is 4.39 Å². The van der Waals surface area contributed by atoms with E-state index in [4.69, 9.17) is 5.73 Å². The van der Waals surface area contributed by atoms with Crippen molar-refractivity contribution < 1.29 is 4.39 Å². The monoisotopic (exact) mass is 247 g/mol. The third kappa shape index (κ3) is 2.29. The molecule has 1 aromatic carbocycles. The fourth-order valence-corrected chi connectivity index (χ4v) is 1.79. The van der Waals surface area contributed by atoms with Crippen molar-refractivity contribution in [2.45, 2.75) is 32.7 Å². The van der Waals surface area contributed by atoms with Crippen molar-refractivity contribution in [1.29, 1.82) is 0 Å². The zero-order valence-electron chi connectivity index (χ0n) is 10.9. The number of hydrogen-bond donors (Lipinski definition) is 2. The Labute approximate surface area is 106 Å². The minimum Gasteiger partial charge on any atom is -0.344 e. The molecule has 1 atom stereocenters. The maximum absolute atomic E-state index is 12.9. The molecule has 0 amide bonds. The quantitative estimate of drug-likeness (QED) is 0.875. The summed E-state index contributed by atoms with van der Waals surface area (Å²) in [6, 6.07) is 6.32. The zero-order chi connectivity index (χ0) is 13.3. The fourth-order valence-electron chi connectivity index (χ4n) is 1.79. The first-order chi connectivity index (χ1) is 8.44. The summed E-state index contributed by atoms with van der Waals surface area (Å²) in [4.78, 5) is 7.77. The molecule has 1 unspecified atom stereocenters. The Morgan fingerprint density at radius 3 is 2.50 bits per heavy atom. The summed E-state index contributed by atoms with van der Waals surface area (Å²) in [6.07, 6.45) is 0.794. The molecule has 0 spiro atoms. The maximum atomic E-state index is 12.9. The molecule has 0 saturated heterocycles. The Bertz CT molecular complexity index is 541. The highest BCUT2D eigenvalue weighted by Crippen LogP contribution is 2.26. The summed E-state index contributed by atoms with van der Waals surface area (Å²) in [7, 11) is 0. The van der Waals surface area contributed by atoms with Crippen molar-refractivity contribution in [1.82, 2.24) is 9.97 Å². The number of aromatic nitrogens is 2. The van der Waals surface area contributed by atoms with Crippen molar-refractivity contribution in [3.05, 3.63) is 41.6 Å². The minimum absolute atomic E-state index is 0.246. The first-order valence-electron chi connectivity index (χ1n) is 6.06. The van der Waals surface area contributed by atoms with Crippen molar-refractivity contribution in [3.63, 3.8) is 0 Å². The molecular formula is C14H18FN3. The van der Waals surface area contributed by atoms with Gasteiger partial charge < -0.3 is 10.7 Å². The van der Waals surface area contributed by atoms with E-state index in [-0.39, 0.29) is 5.82 Å². The molecule has 0 bridgehead atoms. The minimum atomic E-state index is -0.469. The summed E-state index contributed by atoms with van der Waals surface area (Å²) in [5, 5.41) is 0. The van der Waals surface area contributed by atoms with E-state index in [2.05, 4.69) is 9.97 Å². The molecule has 2 aromatic rings. The first kappa shape index (κ1) is 12.8. The van der Waals surface area contributed by atoms with Crippen LogP contribution in [0.4, 0.5) is 4.39 Å². The molecule has 0 saturated carbocycles. The van der Waals surface area contributed by atoms with Gasteiger partial charge in [0.2, 0.25) is 0 Å². The van der Waals surface area contributed by atoms with Gasteiger partial charge in [-0.25, -0.2) is 9.37 Å². The van der Waals surface area contributed by atoms with Crippen molar-refractivity contribution >= 4 is 0 Å². The van der Waals surface area contributed by atoms with E-state index < -0.39 is 5.54 Å². The van der Waals surface area contributed by atoms with Crippen LogP contribution in [0.1, 0.15) is 31.8 Å². The molecule has 96 valence electrons. The number of imidazole rings is 1. The Morgan fingerprint density at radius 1 is 1.33 bits per heavy atom. The second kappa shape index (κ2) is 4.53. The number of H-pyrrole nitrogens is 1. The topological polar surface area (TPSA) is 54.7 Å². The van der Waals surface area contributed by atoms with Crippen LogP contribution in [-0.2, 0) is 5.54 Å². The number of nitrogens with two attached hydrogens (primary N) is 1. The Hall–Kier alpha value is -1.68. The van der Waals surface area contributed by atoms with E-state index >= 15 is 0 Å². The van der Waals surface area contributed by atoms with Crippen LogP contribution in [0.15, 0.2) is 24.3 Å². The van der Waals surface area contributed by atoms with Crippen LogP contribution in [0, 0.1) is 12.7 Å². The molecule has 0 aliphatic rings. The van der Waals surface area contributed by atoms with E-state index in [0.717, 1.165) is 29.2 Å². The van der Waals surface area contributed by atoms with Crippen molar-refractivity contribution in [3.8, 4) is 11.3 Å². The summed E-state index contributed by atoms with van der Waals surface area (Å²) in [5.41, 5.74) is 8.37. The molecule has 1 heterocycles. The Morgan fingerprint density at radius 2 is 1.94 bits per heavy atom. The van der Waals surface area contributed by atoms with Crippen LogP contribution in [0.2, 0.25) is 0 Å². The van der Waals surface area contributed by atoms with Gasteiger partial charge in [-0.05, 0) is 44.5 Å². The SMILES string of the molecule is CCC(C)(N)c1nc(-c2ccc(F)cc2)c(C)[nH]1. The van der Waals surface area contributed by atoms with Crippen LogP contribution in [0.5, 0.6) is 0 Å². The number of hydrogen-bond acceptors (Lipinski definition) is 2. The smallest absolute Gasteiger partial charge is 0.126 e. The van der Waals surface area contributed by atoms with Gasteiger partial charge in [0.25, 0.3) is 0 Å². The number of aromatic amines is 1. The molecule has 4 heteroatoms. The summed E-state index contributed by atoms with van der Waals surface area (Å²) < 4.78 is 12.9. The molecule has 0 radical (unpaired) electrons. The molecule has 18 heavy (non-hydrogen) atoms. The predicted molar refractivity (Wildman–Crippen MR) is 70.5 cm³/mol. The second-order valence-electron chi connectivity index (χ2n) is 4.84. The number of nitrogens with one attached hydrogen (secondary N) is 1. The van der Waals surface area contributed by atoms with Crippen LogP contribution in [-0.4, -0.2) is 9.97 Å². The van der Waals surface area contributed by atoms with Gasteiger partial charge in [-0.1, -0.05) is 6.92 Å². The van der Waals surface area contributed by atoms with Gasteiger partial charge in [-0.2, -0.15) is 0 Å². The van der Waals surface area contributed by atoms with Gasteiger partial charge in [0.1, 0.15) is 11.6 Å². The number of benzene rings is 1. The van der Waals surface area contributed by atoms with Gasteiger partial charge in [0, 0.05) is 11.3 Å². The third-order valence-corrected chi connectivity index (χ3v) is 3.28. The van der Waals surface area contributed by atoms with Gasteiger partial charge in [-0.3, -0.25) is 0 Å². The van der Waals surface area contributed by atoms with Gasteiger partial charge in [0.15, 0.2) is 0 Å². The lowest BCUT2D eigenvalue weighted by molar-refractivity contribution is 0.449. The second-order valence-corrected chi connectivity index (χ2v) is 4.84. The highest BCUT2D eigenvalue weighted by atomic mass is 19.1. The Balaban J connectivity index is 2.44. The lowest BCUT2D eigenvalue weighted by atomic mass is 10.00. The van der Waals surface area contributed by atoms with Gasteiger partial charge in [-0.15, -0.1) is 0 Å². The van der Waals surface area contributed by atoms with E-state index in [1.165, 1.54) is 12.1 Å². The summed E-state index contributed by atoms with van der Waals surface area (Å²) >= 11 is 0. The number of halogens is 1. The average molecular weight is 247 g/mol. The van der Waals surface area contributed by atoms with Crippen LogP contribution in [0.3, 0.4) is 0 Å². The molecule has 0 fully saturated rings. The fraction of sp³-hybridized carbons (Fsp3) is 0.357. The summed E-state index contributed by atoms with van der Waals surface area (Å²) in [5.74, 6) is 0.520. The van der Waals surface area contributed by atoms with Crippen LogP contribution < -0.4 is 5.73 Å². The van der Waals surface area contributed by atoms with E-state index in [0.29, 0.717) is 0 Å². The number of aryl methyl sites for hydroxylation is 1. The van der Waals surface area contributed by atoms with Crippen LogP contribution in [0.25, 0.3) is 11.3 Å². The third-order valence-electron chi connectivity index (χ3n) is 3.28. The van der Waals surface area contributed by atoms with Gasteiger partial charge >= 0.3 is 0 Å². The predicted octanol–water partition coefficient (Wildman–Crippen LogP) is 3.11. The van der Waals surface area contributed by atoms with E-state index in [1.54, 1.807) is 12.1 Å². The van der Waals surface area contributed by atoms with Crippen molar-refractivity contribution in [2.75, 3.05) is 0 Å². The van der Waals surface area contributed by atoms with Gasteiger partial charge in [0.05, 0.1) is 11.2 Å². The lowest BCUT2D eigenvalue weighted by Gasteiger charge is -2.19. The average Bonchev–Trinajstić information content (AvgIpc) is 2.73. The van der Waals surface area contributed by atoms with E-state index in [1.807, 2.05) is 20.8 Å². The molecule has 1 aromatic heterocycles. The standard InChI is InChI=1S/C14H18FN3/c1-4-14(3,16)13-17-9(2)12(18-13)10-5-7-11(15)8-6-10/h5-8H,4,16H2,1-3H3,(H,17,18). The molecule has 3 nitrogen and oxygen atoms in total. The molecule has 0 aliphatic heterocycles. The summed E-state index contributed by atoms with van der Waals surface area (Å²) in [6.45, 7) is 5.91. The zero-order valence-corrected chi connectivity index (χ0v) is 10.9. The largest absolute Gasteiger partial charge is 0.344 e. The molecule has 3 N–H and O–H groups in total. The highest BCUT2D eigenvalue weighted by Gasteiger charge is 2.23. The molecular weight excluding hydrogens is 229 g/mol. The highest BCUT2D eigenvalue weighted by molar-refractivity contribution is 5.61. The number of nitrogens with zero attached hydrogens (tertiary/aromatic N) is 1. The lowest BCUT2D eigenvalue weighted by Crippen LogP contribution is -2.33. The first-order valence-corrected chi connectivity index (χ1v) is 6.06. The maximum Gasteiger partial charge on any atom is 0.126 e. The molecule has 0 aliphatic carbocycles. The Kier molecular flexibility index (Phi) is 3.22. The van der Waals surface area contributed by atoms with Crippen LogP contribution >= 0.6 is 0 Å².